The number of rotatable bonds is 7. The van der Waals surface area contributed by atoms with Crippen molar-refractivity contribution in [1.82, 2.24) is 5.32 Å². The van der Waals surface area contributed by atoms with Crippen molar-refractivity contribution in [2.24, 2.45) is 5.92 Å². The molecule has 0 aliphatic carbocycles. The minimum atomic E-state index is -4.44. The van der Waals surface area contributed by atoms with Crippen LogP contribution in [0.2, 0.25) is 0 Å². The first-order chi connectivity index (χ1) is 11.4. The number of ether oxygens (including phenoxy) is 1. The molecule has 0 bridgehead atoms. The van der Waals surface area contributed by atoms with Crippen molar-refractivity contribution in [3.8, 4) is 5.75 Å². The molecule has 0 radical (unpaired) electrons. The third kappa shape index (κ3) is 5.57. The van der Waals surface area contributed by atoms with E-state index in [-0.39, 0.29) is 12.4 Å². The van der Waals surface area contributed by atoms with E-state index in [1.54, 1.807) is 6.07 Å². The zero-order valence-electron chi connectivity index (χ0n) is 13.9. The average molecular weight is 337 g/mol. The van der Waals surface area contributed by atoms with Gasteiger partial charge in [-0.05, 0) is 35.7 Å². The van der Waals surface area contributed by atoms with Crippen LogP contribution in [0.4, 0.5) is 13.2 Å². The third-order valence-electron chi connectivity index (χ3n) is 3.47. The van der Waals surface area contributed by atoms with Gasteiger partial charge >= 0.3 is 6.18 Å². The zero-order chi connectivity index (χ0) is 17.6. The van der Waals surface area contributed by atoms with Crippen molar-refractivity contribution in [2.75, 3.05) is 6.54 Å². The molecule has 0 aliphatic rings. The summed E-state index contributed by atoms with van der Waals surface area (Å²) in [6.07, 6.45) is -4.44. The summed E-state index contributed by atoms with van der Waals surface area (Å²) in [7, 11) is 0. The van der Waals surface area contributed by atoms with Crippen LogP contribution < -0.4 is 10.1 Å². The molecule has 2 nitrogen and oxygen atoms in total. The van der Waals surface area contributed by atoms with Gasteiger partial charge in [0.2, 0.25) is 0 Å². The van der Waals surface area contributed by atoms with Crippen molar-refractivity contribution in [2.45, 2.75) is 33.2 Å². The highest BCUT2D eigenvalue weighted by Gasteiger charge is 2.34. The lowest BCUT2D eigenvalue weighted by Crippen LogP contribution is -2.19. The number of alkyl halides is 3. The predicted octanol–water partition coefficient (Wildman–Crippen LogP) is 5.03. The van der Waals surface area contributed by atoms with E-state index in [1.165, 1.54) is 6.07 Å². The Morgan fingerprint density at radius 3 is 2.33 bits per heavy atom. The summed E-state index contributed by atoms with van der Waals surface area (Å²) in [4.78, 5) is 0. The minimum absolute atomic E-state index is 0.106. The highest BCUT2D eigenvalue weighted by Crippen LogP contribution is 2.37. The van der Waals surface area contributed by atoms with Crippen LogP contribution in [-0.2, 0) is 19.3 Å². The Kier molecular flexibility index (Phi) is 6.26. The fourth-order valence-electron chi connectivity index (χ4n) is 2.27. The smallest absolute Gasteiger partial charge is 0.419 e. The number of hydrogen-bond acceptors (Lipinski definition) is 2. The Morgan fingerprint density at radius 2 is 1.71 bits per heavy atom. The first-order valence-electron chi connectivity index (χ1n) is 7.94. The van der Waals surface area contributed by atoms with Crippen LogP contribution in [-0.4, -0.2) is 6.54 Å². The molecular formula is C19H22F3NO. The van der Waals surface area contributed by atoms with Crippen molar-refractivity contribution in [1.29, 1.82) is 0 Å². The maximum absolute atomic E-state index is 13.3. The zero-order valence-corrected chi connectivity index (χ0v) is 13.9. The SMILES string of the molecule is CC(C)CNCc1ccc(OCc2ccccc2)c(C(F)(F)F)c1. The number of nitrogens with one attached hydrogen (secondary N) is 1. The monoisotopic (exact) mass is 337 g/mol. The van der Waals surface area contributed by atoms with Crippen molar-refractivity contribution >= 4 is 0 Å². The third-order valence-corrected chi connectivity index (χ3v) is 3.47. The lowest BCUT2D eigenvalue weighted by Gasteiger charge is -2.16. The number of hydrogen-bond donors (Lipinski definition) is 1. The van der Waals surface area contributed by atoms with Gasteiger partial charge in [0, 0.05) is 6.54 Å². The summed E-state index contributed by atoms with van der Waals surface area (Å²) in [5.41, 5.74) is 0.686. The van der Waals surface area contributed by atoms with Gasteiger partial charge in [0.05, 0.1) is 5.56 Å². The van der Waals surface area contributed by atoms with Crippen LogP contribution >= 0.6 is 0 Å². The van der Waals surface area contributed by atoms with E-state index in [2.05, 4.69) is 19.2 Å². The summed E-state index contributed by atoms with van der Waals surface area (Å²) in [6.45, 7) is 5.37. The molecule has 24 heavy (non-hydrogen) atoms. The van der Waals surface area contributed by atoms with E-state index in [0.29, 0.717) is 18.0 Å². The summed E-state index contributed by atoms with van der Waals surface area (Å²) in [5.74, 6) is 0.305. The van der Waals surface area contributed by atoms with Crippen LogP contribution in [0.1, 0.15) is 30.5 Å². The molecule has 0 aromatic heterocycles. The second-order valence-corrected chi connectivity index (χ2v) is 6.13. The molecule has 0 atom stereocenters. The maximum atomic E-state index is 13.3. The molecule has 2 aromatic rings. The second-order valence-electron chi connectivity index (χ2n) is 6.13. The highest BCUT2D eigenvalue weighted by molar-refractivity contribution is 5.39. The molecular weight excluding hydrogens is 315 g/mol. The Morgan fingerprint density at radius 1 is 1.00 bits per heavy atom. The van der Waals surface area contributed by atoms with Crippen LogP contribution in [0.3, 0.4) is 0 Å². The first kappa shape index (κ1) is 18.3. The Labute approximate surface area is 140 Å². The molecule has 2 aromatic carbocycles. The van der Waals surface area contributed by atoms with Gasteiger partial charge in [-0.15, -0.1) is 0 Å². The van der Waals surface area contributed by atoms with Gasteiger partial charge in [-0.25, -0.2) is 0 Å². The largest absolute Gasteiger partial charge is 0.488 e. The van der Waals surface area contributed by atoms with Gasteiger partial charge in [0.25, 0.3) is 0 Å². The molecule has 1 N–H and O–H groups in total. The number of halogens is 3. The first-order valence-corrected chi connectivity index (χ1v) is 7.94. The molecule has 0 unspecified atom stereocenters. The van der Waals surface area contributed by atoms with Crippen molar-refractivity contribution in [3.63, 3.8) is 0 Å². The molecule has 5 heteroatoms. The lowest BCUT2D eigenvalue weighted by atomic mass is 10.1. The fourth-order valence-corrected chi connectivity index (χ4v) is 2.27. The van der Waals surface area contributed by atoms with E-state index in [4.69, 9.17) is 4.74 Å². The minimum Gasteiger partial charge on any atom is -0.488 e. The van der Waals surface area contributed by atoms with Gasteiger partial charge in [0.1, 0.15) is 12.4 Å². The summed E-state index contributed by atoms with van der Waals surface area (Å²) in [6, 6.07) is 13.4. The van der Waals surface area contributed by atoms with Gasteiger partial charge < -0.3 is 10.1 Å². The van der Waals surface area contributed by atoms with E-state index in [0.717, 1.165) is 18.2 Å². The quantitative estimate of drug-likeness (QED) is 0.765. The van der Waals surface area contributed by atoms with Crippen LogP contribution in [0.5, 0.6) is 5.75 Å². The lowest BCUT2D eigenvalue weighted by molar-refractivity contribution is -0.139. The fraction of sp³-hybridized carbons (Fsp3) is 0.368. The van der Waals surface area contributed by atoms with E-state index in [9.17, 15) is 13.2 Å². The summed E-state index contributed by atoms with van der Waals surface area (Å²) >= 11 is 0. The van der Waals surface area contributed by atoms with Gasteiger partial charge in [0.15, 0.2) is 0 Å². The standard InChI is InChI=1S/C19H22F3NO/c1-14(2)11-23-12-16-8-9-18(17(10-16)19(20,21)22)24-13-15-6-4-3-5-7-15/h3-10,14,23H,11-13H2,1-2H3. The molecule has 0 heterocycles. The summed E-state index contributed by atoms with van der Waals surface area (Å²) in [5, 5.41) is 3.15. The van der Waals surface area contributed by atoms with Gasteiger partial charge in [-0.3, -0.25) is 0 Å². The molecule has 0 spiro atoms. The maximum Gasteiger partial charge on any atom is 0.419 e. The highest BCUT2D eigenvalue weighted by atomic mass is 19.4. The summed E-state index contributed by atoms with van der Waals surface area (Å²) < 4.78 is 45.3. The van der Waals surface area contributed by atoms with Crippen LogP contribution in [0, 0.1) is 5.92 Å². The molecule has 0 saturated heterocycles. The van der Waals surface area contributed by atoms with Crippen molar-refractivity contribution < 1.29 is 17.9 Å². The molecule has 0 saturated carbocycles. The van der Waals surface area contributed by atoms with Crippen LogP contribution in [0.25, 0.3) is 0 Å². The predicted molar refractivity (Wildman–Crippen MR) is 88.8 cm³/mol. The van der Waals surface area contributed by atoms with E-state index in [1.807, 2.05) is 30.3 Å². The van der Waals surface area contributed by atoms with Crippen LogP contribution in [0.15, 0.2) is 48.5 Å². The molecule has 2 rings (SSSR count). The normalized spacial score (nSPS) is 11.8. The molecule has 130 valence electrons. The average Bonchev–Trinajstić information content (AvgIpc) is 2.53. The van der Waals surface area contributed by atoms with E-state index < -0.39 is 11.7 Å². The number of benzene rings is 2. The van der Waals surface area contributed by atoms with Crippen molar-refractivity contribution in [3.05, 3.63) is 65.2 Å². The Hall–Kier alpha value is -2.01. The Balaban J connectivity index is 2.12. The van der Waals surface area contributed by atoms with Gasteiger partial charge in [-0.2, -0.15) is 13.2 Å². The van der Waals surface area contributed by atoms with Gasteiger partial charge in [-0.1, -0.05) is 50.2 Å². The Bertz CT molecular complexity index is 639. The van der Waals surface area contributed by atoms with E-state index >= 15 is 0 Å². The molecule has 0 aliphatic heterocycles. The molecule has 0 amide bonds. The molecule has 0 fully saturated rings. The topological polar surface area (TPSA) is 21.3 Å². The second kappa shape index (κ2) is 8.20.